The zero-order valence-electron chi connectivity index (χ0n) is 13.8. The van der Waals surface area contributed by atoms with E-state index in [9.17, 15) is 4.79 Å². The molecule has 0 amide bonds. The van der Waals surface area contributed by atoms with Gasteiger partial charge in [0.2, 0.25) is 0 Å². The zero-order chi connectivity index (χ0) is 16.0. The largest absolute Gasteiger partial charge is 0.396 e. The predicted molar refractivity (Wildman–Crippen MR) is 93.7 cm³/mol. The van der Waals surface area contributed by atoms with Crippen LogP contribution in [0.15, 0.2) is 48.1 Å². The highest BCUT2D eigenvalue weighted by molar-refractivity contribution is 6.07. The summed E-state index contributed by atoms with van der Waals surface area (Å²) in [4.78, 5) is 11.9. The van der Waals surface area contributed by atoms with Crippen LogP contribution >= 0.6 is 0 Å². The summed E-state index contributed by atoms with van der Waals surface area (Å²) < 4.78 is 0. The van der Waals surface area contributed by atoms with Gasteiger partial charge in [-0.05, 0) is 44.6 Å². The van der Waals surface area contributed by atoms with E-state index in [1.807, 2.05) is 18.2 Å². The van der Waals surface area contributed by atoms with Gasteiger partial charge < -0.3 is 5.11 Å². The van der Waals surface area contributed by atoms with Crippen molar-refractivity contribution in [2.24, 2.45) is 5.92 Å². The van der Waals surface area contributed by atoms with E-state index in [-0.39, 0.29) is 18.3 Å². The molecule has 0 fully saturated rings. The Hall–Kier alpha value is -1.41. The molecule has 0 unspecified atom stereocenters. The summed E-state index contributed by atoms with van der Waals surface area (Å²) >= 11 is 0. The summed E-state index contributed by atoms with van der Waals surface area (Å²) in [6.07, 6.45) is 22.8. The molecule has 0 aromatic rings. The molecule has 1 N–H and O–H groups in total. The van der Waals surface area contributed by atoms with Crippen LogP contribution in [0.4, 0.5) is 0 Å². The van der Waals surface area contributed by atoms with E-state index in [2.05, 4.69) is 25.2 Å². The minimum absolute atomic E-state index is 0.150. The van der Waals surface area contributed by atoms with E-state index < -0.39 is 0 Å². The van der Waals surface area contributed by atoms with E-state index in [1.165, 1.54) is 19.3 Å². The average molecular weight is 302 g/mol. The highest BCUT2D eigenvalue weighted by Gasteiger charge is 2.20. The topological polar surface area (TPSA) is 37.3 Å². The van der Waals surface area contributed by atoms with E-state index >= 15 is 0 Å². The molecule has 1 rings (SSSR count). The normalized spacial score (nSPS) is 20.2. The first-order valence-corrected chi connectivity index (χ1v) is 8.64. The molecule has 0 aliphatic heterocycles. The number of aliphatic hydroxyl groups is 1. The van der Waals surface area contributed by atoms with Crippen LogP contribution in [-0.4, -0.2) is 17.5 Å². The van der Waals surface area contributed by atoms with Crippen LogP contribution in [0.1, 0.15) is 58.3 Å². The van der Waals surface area contributed by atoms with Crippen molar-refractivity contribution in [3.05, 3.63) is 48.1 Å². The second kappa shape index (κ2) is 12.2. The van der Waals surface area contributed by atoms with Gasteiger partial charge in [-0.2, -0.15) is 0 Å². The summed E-state index contributed by atoms with van der Waals surface area (Å²) in [6, 6.07) is 0. The Morgan fingerprint density at radius 1 is 1.09 bits per heavy atom. The molecule has 0 aromatic heterocycles. The fourth-order valence-electron chi connectivity index (χ4n) is 2.51. The molecule has 0 aromatic carbocycles. The van der Waals surface area contributed by atoms with Gasteiger partial charge in [-0.1, -0.05) is 56.2 Å². The standard InChI is InChI=1S/C20H30O2/c1-2-3-4-5-8-11-14-19-18(15-16-20(19)22)13-10-7-6-9-12-17-21/h7-8,10-11,14-16,18,21H,2-6,9,12-13,17H2,1H3/b10-7-,11-8?,19-14?/t18-/m0/s1. The van der Waals surface area contributed by atoms with Gasteiger partial charge in [-0.15, -0.1) is 0 Å². The lowest BCUT2D eigenvalue weighted by Crippen LogP contribution is -2.01. The first kappa shape index (κ1) is 18.6. The highest BCUT2D eigenvalue weighted by atomic mass is 16.2. The number of allylic oxidation sites excluding steroid dienone is 8. The average Bonchev–Trinajstić information content (AvgIpc) is 2.87. The zero-order valence-corrected chi connectivity index (χ0v) is 13.8. The molecule has 2 nitrogen and oxygen atoms in total. The molecular weight excluding hydrogens is 272 g/mol. The Morgan fingerprint density at radius 2 is 1.86 bits per heavy atom. The van der Waals surface area contributed by atoms with Crippen molar-refractivity contribution in [3.8, 4) is 0 Å². The summed E-state index contributed by atoms with van der Waals surface area (Å²) in [5, 5.41) is 8.73. The molecule has 0 bridgehead atoms. The molecule has 2 heteroatoms. The Balaban J connectivity index is 2.38. The first-order chi connectivity index (χ1) is 10.8. The SMILES string of the molecule is CCCCCC=CC=C1C(=O)C=C[C@@H]1C/C=C\CCCCO. The van der Waals surface area contributed by atoms with Crippen LogP contribution in [0.2, 0.25) is 0 Å². The Morgan fingerprint density at radius 3 is 2.64 bits per heavy atom. The number of ketones is 1. The molecule has 0 heterocycles. The molecule has 1 aliphatic carbocycles. The lowest BCUT2D eigenvalue weighted by atomic mass is 9.97. The van der Waals surface area contributed by atoms with E-state index in [0.29, 0.717) is 0 Å². The van der Waals surface area contributed by atoms with E-state index in [0.717, 1.165) is 37.7 Å². The first-order valence-electron chi connectivity index (χ1n) is 8.64. The number of rotatable bonds is 11. The van der Waals surface area contributed by atoms with E-state index in [4.69, 9.17) is 5.11 Å². The summed E-state index contributed by atoms with van der Waals surface area (Å²) in [5.74, 6) is 0.374. The number of hydrogen-bond donors (Lipinski definition) is 1. The van der Waals surface area contributed by atoms with Crippen molar-refractivity contribution in [2.75, 3.05) is 6.61 Å². The van der Waals surface area contributed by atoms with Crippen molar-refractivity contribution in [3.63, 3.8) is 0 Å². The lowest BCUT2D eigenvalue weighted by Gasteiger charge is -2.06. The van der Waals surface area contributed by atoms with Crippen molar-refractivity contribution in [1.29, 1.82) is 0 Å². The van der Waals surface area contributed by atoms with Crippen molar-refractivity contribution < 1.29 is 9.90 Å². The number of unbranched alkanes of at least 4 members (excludes halogenated alkanes) is 5. The van der Waals surface area contributed by atoms with Gasteiger partial charge in [-0.25, -0.2) is 0 Å². The minimum Gasteiger partial charge on any atom is -0.396 e. The van der Waals surface area contributed by atoms with Gasteiger partial charge in [0, 0.05) is 18.1 Å². The fourth-order valence-corrected chi connectivity index (χ4v) is 2.51. The third kappa shape index (κ3) is 7.56. The van der Waals surface area contributed by atoms with Gasteiger partial charge in [0.1, 0.15) is 0 Å². The minimum atomic E-state index is 0.150. The third-order valence-electron chi connectivity index (χ3n) is 3.89. The Kier molecular flexibility index (Phi) is 10.3. The Bertz CT molecular complexity index is 427. The number of carbonyl (C=O) groups is 1. The molecule has 22 heavy (non-hydrogen) atoms. The van der Waals surface area contributed by atoms with Gasteiger partial charge in [-0.3, -0.25) is 4.79 Å². The Labute approximate surface area is 135 Å². The van der Waals surface area contributed by atoms with Gasteiger partial charge in [0.05, 0.1) is 0 Å². The van der Waals surface area contributed by atoms with Crippen LogP contribution in [0.25, 0.3) is 0 Å². The molecule has 1 atom stereocenters. The van der Waals surface area contributed by atoms with Crippen LogP contribution in [0.5, 0.6) is 0 Å². The number of hydrogen-bond acceptors (Lipinski definition) is 2. The third-order valence-corrected chi connectivity index (χ3v) is 3.89. The maximum atomic E-state index is 11.9. The second-order valence-electron chi connectivity index (χ2n) is 5.80. The van der Waals surface area contributed by atoms with Crippen LogP contribution < -0.4 is 0 Å². The predicted octanol–water partition coefficient (Wildman–Crippen LogP) is 4.91. The molecule has 0 spiro atoms. The molecule has 122 valence electrons. The van der Waals surface area contributed by atoms with Crippen LogP contribution in [0.3, 0.4) is 0 Å². The second-order valence-corrected chi connectivity index (χ2v) is 5.80. The summed E-state index contributed by atoms with van der Waals surface area (Å²) in [6.45, 7) is 2.47. The fraction of sp³-hybridized carbons (Fsp3) is 0.550. The smallest absolute Gasteiger partial charge is 0.182 e. The molecule has 0 radical (unpaired) electrons. The van der Waals surface area contributed by atoms with Crippen LogP contribution in [-0.2, 0) is 4.79 Å². The summed E-state index contributed by atoms with van der Waals surface area (Å²) in [5.41, 5.74) is 0.909. The molecular formula is C20H30O2. The number of aliphatic hydroxyl groups excluding tert-OH is 1. The maximum absolute atomic E-state index is 11.9. The van der Waals surface area contributed by atoms with Crippen molar-refractivity contribution >= 4 is 5.78 Å². The molecule has 0 saturated carbocycles. The molecule has 1 aliphatic rings. The monoisotopic (exact) mass is 302 g/mol. The van der Waals surface area contributed by atoms with Crippen molar-refractivity contribution in [2.45, 2.75) is 58.3 Å². The molecule has 0 saturated heterocycles. The number of carbonyl (C=O) groups excluding carboxylic acids is 1. The summed E-state index contributed by atoms with van der Waals surface area (Å²) in [7, 11) is 0. The van der Waals surface area contributed by atoms with Gasteiger partial charge in [0.15, 0.2) is 5.78 Å². The van der Waals surface area contributed by atoms with Crippen LogP contribution in [0, 0.1) is 5.92 Å². The lowest BCUT2D eigenvalue weighted by molar-refractivity contribution is -0.111. The highest BCUT2D eigenvalue weighted by Crippen LogP contribution is 2.25. The maximum Gasteiger partial charge on any atom is 0.182 e. The van der Waals surface area contributed by atoms with Gasteiger partial charge >= 0.3 is 0 Å². The van der Waals surface area contributed by atoms with Crippen molar-refractivity contribution in [1.82, 2.24) is 0 Å². The van der Waals surface area contributed by atoms with E-state index in [1.54, 1.807) is 6.08 Å². The van der Waals surface area contributed by atoms with Gasteiger partial charge in [0.25, 0.3) is 0 Å². The quantitative estimate of drug-likeness (QED) is 0.334.